The first kappa shape index (κ1) is 14.1. The molecule has 1 fully saturated rings. The minimum Gasteiger partial charge on any atom is -0.465 e. The molecule has 1 aromatic rings. The molecule has 0 aliphatic carbocycles. The van der Waals surface area contributed by atoms with Gasteiger partial charge in [-0.3, -0.25) is 4.79 Å². The number of amides is 1. The summed E-state index contributed by atoms with van der Waals surface area (Å²) in [6.07, 6.45) is 2.35. The van der Waals surface area contributed by atoms with Crippen molar-refractivity contribution < 1.29 is 14.3 Å². The predicted molar refractivity (Wildman–Crippen MR) is 74.4 cm³/mol. The lowest BCUT2D eigenvalue weighted by Gasteiger charge is -2.20. The molecular weight excluding hydrogens is 260 g/mol. The van der Waals surface area contributed by atoms with Gasteiger partial charge in [-0.2, -0.15) is 0 Å². The topological polar surface area (TPSA) is 97.5 Å². The number of rotatable bonds is 3. The van der Waals surface area contributed by atoms with Gasteiger partial charge >= 0.3 is 5.97 Å². The van der Waals surface area contributed by atoms with Gasteiger partial charge < -0.3 is 20.7 Å². The number of methoxy groups -OCH3 is 1. The highest BCUT2D eigenvalue weighted by Crippen LogP contribution is 2.27. The molecule has 2 heterocycles. The Bertz CT molecular complexity index is 532. The molecule has 1 aliphatic rings. The summed E-state index contributed by atoms with van der Waals surface area (Å²) in [6, 6.07) is 1.61. The van der Waals surface area contributed by atoms with Gasteiger partial charge in [0.05, 0.1) is 18.4 Å². The molecule has 1 aliphatic heterocycles. The largest absolute Gasteiger partial charge is 0.465 e. The van der Waals surface area contributed by atoms with Gasteiger partial charge in [0, 0.05) is 32.3 Å². The fourth-order valence-corrected chi connectivity index (χ4v) is 2.36. The Morgan fingerprint density at radius 1 is 1.55 bits per heavy atom. The van der Waals surface area contributed by atoms with Crippen molar-refractivity contribution in [2.45, 2.75) is 19.4 Å². The van der Waals surface area contributed by atoms with E-state index in [-0.39, 0.29) is 11.9 Å². The van der Waals surface area contributed by atoms with Gasteiger partial charge in [0.15, 0.2) is 5.82 Å². The molecule has 7 heteroatoms. The predicted octanol–water partition coefficient (Wildman–Crippen LogP) is 0.165. The van der Waals surface area contributed by atoms with E-state index in [0.717, 1.165) is 13.0 Å². The highest BCUT2D eigenvalue weighted by atomic mass is 16.5. The molecule has 2 rings (SSSR count). The minimum atomic E-state index is -0.483. The van der Waals surface area contributed by atoms with Gasteiger partial charge in [0.2, 0.25) is 5.91 Å². The van der Waals surface area contributed by atoms with Crippen LogP contribution < -0.4 is 16.0 Å². The van der Waals surface area contributed by atoms with E-state index < -0.39 is 5.97 Å². The molecule has 1 saturated heterocycles. The van der Waals surface area contributed by atoms with E-state index in [9.17, 15) is 9.59 Å². The standard InChI is InChI=1S/C13H18N4O3/c1-8(18)16-9-4-6-17(7-9)12-11(14)10(3-5-15-12)13(19)20-2/h3,5,9H,4,6-7,14H2,1-2H3,(H,16,18). The van der Waals surface area contributed by atoms with E-state index in [1.165, 1.54) is 26.3 Å². The Labute approximate surface area is 117 Å². The molecule has 0 saturated carbocycles. The van der Waals surface area contributed by atoms with Gasteiger partial charge in [-0.05, 0) is 12.5 Å². The Kier molecular flexibility index (Phi) is 4.07. The first-order valence-electron chi connectivity index (χ1n) is 6.37. The molecule has 7 nitrogen and oxygen atoms in total. The summed E-state index contributed by atoms with van der Waals surface area (Å²) in [6.45, 7) is 2.85. The molecule has 0 aromatic carbocycles. The number of hydrogen-bond acceptors (Lipinski definition) is 6. The third kappa shape index (κ3) is 2.81. The van der Waals surface area contributed by atoms with E-state index >= 15 is 0 Å². The zero-order chi connectivity index (χ0) is 14.7. The maximum atomic E-state index is 11.6. The lowest BCUT2D eigenvalue weighted by atomic mass is 10.2. The van der Waals surface area contributed by atoms with Crippen molar-refractivity contribution in [3.8, 4) is 0 Å². The summed E-state index contributed by atoms with van der Waals surface area (Å²) in [5, 5.41) is 2.87. The second kappa shape index (κ2) is 5.77. The van der Waals surface area contributed by atoms with Crippen LogP contribution in [0.2, 0.25) is 0 Å². The van der Waals surface area contributed by atoms with Gasteiger partial charge in [-0.25, -0.2) is 9.78 Å². The zero-order valence-electron chi connectivity index (χ0n) is 11.5. The smallest absolute Gasteiger partial charge is 0.340 e. The Morgan fingerprint density at radius 3 is 2.95 bits per heavy atom. The number of nitrogens with one attached hydrogen (secondary N) is 1. The van der Waals surface area contributed by atoms with Crippen molar-refractivity contribution in [2.75, 3.05) is 30.8 Å². The highest BCUT2D eigenvalue weighted by Gasteiger charge is 2.26. The van der Waals surface area contributed by atoms with Crippen LogP contribution in [0.4, 0.5) is 11.5 Å². The Balaban J connectivity index is 2.18. The summed E-state index contributed by atoms with van der Waals surface area (Å²) in [7, 11) is 1.31. The number of pyridine rings is 1. The first-order valence-corrected chi connectivity index (χ1v) is 6.37. The molecule has 1 unspecified atom stereocenters. The van der Waals surface area contributed by atoms with Crippen LogP contribution in [-0.2, 0) is 9.53 Å². The van der Waals surface area contributed by atoms with Crippen LogP contribution in [0.3, 0.4) is 0 Å². The zero-order valence-corrected chi connectivity index (χ0v) is 11.5. The summed E-state index contributed by atoms with van der Waals surface area (Å²) < 4.78 is 4.69. The molecule has 3 N–H and O–H groups in total. The Morgan fingerprint density at radius 2 is 2.30 bits per heavy atom. The van der Waals surface area contributed by atoms with Crippen molar-refractivity contribution >= 4 is 23.4 Å². The summed E-state index contributed by atoms with van der Waals surface area (Å²) in [5.41, 5.74) is 6.61. The SMILES string of the molecule is COC(=O)c1ccnc(N2CCC(NC(C)=O)C2)c1N. The van der Waals surface area contributed by atoms with Crippen molar-refractivity contribution in [3.05, 3.63) is 17.8 Å². The second-order valence-electron chi connectivity index (χ2n) is 4.72. The van der Waals surface area contributed by atoms with E-state index in [1.54, 1.807) is 0 Å². The van der Waals surface area contributed by atoms with Crippen LogP contribution in [0.5, 0.6) is 0 Å². The average Bonchev–Trinajstić information content (AvgIpc) is 2.85. The van der Waals surface area contributed by atoms with E-state index in [0.29, 0.717) is 23.6 Å². The highest BCUT2D eigenvalue weighted by molar-refractivity contribution is 5.97. The van der Waals surface area contributed by atoms with Crippen LogP contribution in [0.25, 0.3) is 0 Å². The van der Waals surface area contributed by atoms with Gasteiger partial charge in [0.25, 0.3) is 0 Å². The molecule has 1 amide bonds. The van der Waals surface area contributed by atoms with Crippen molar-refractivity contribution in [1.82, 2.24) is 10.3 Å². The maximum Gasteiger partial charge on any atom is 0.340 e. The number of aromatic nitrogens is 1. The van der Waals surface area contributed by atoms with E-state index in [2.05, 4.69) is 15.0 Å². The van der Waals surface area contributed by atoms with Crippen LogP contribution in [0, 0.1) is 0 Å². The Hall–Kier alpha value is -2.31. The van der Waals surface area contributed by atoms with Crippen LogP contribution >= 0.6 is 0 Å². The van der Waals surface area contributed by atoms with Crippen LogP contribution in [0.1, 0.15) is 23.7 Å². The number of ether oxygens (including phenoxy) is 1. The molecule has 0 bridgehead atoms. The minimum absolute atomic E-state index is 0.0545. The fourth-order valence-electron chi connectivity index (χ4n) is 2.36. The second-order valence-corrected chi connectivity index (χ2v) is 4.72. The number of nitrogens with zero attached hydrogens (tertiary/aromatic N) is 2. The number of nitrogens with two attached hydrogens (primary N) is 1. The van der Waals surface area contributed by atoms with Crippen LogP contribution in [0.15, 0.2) is 12.3 Å². The maximum absolute atomic E-state index is 11.6. The molecule has 0 radical (unpaired) electrons. The molecule has 1 atom stereocenters. The van der Waals surface area contributed by atoms with Crippen molar-refractivity contribution in [3.63, 3.8) is 0 Å². The monoisotopic (exact) mass is 278 g/mol. The number of hydrogen-bond donors (Lipinski definition) is 2. The van der Waals surface area contributed by atoms with E-state index in [4.69, 9.17) is 5.73 Å². The number of carbonyl (C=O) groups is 2. The first-order chi connectivity index (χ1) is 9.52. The van der Waals surface area contributed by atoms with Crippen LogP contribution in [-0.4, -0.2) is 43.1 Å². The normalized spacial score (nSPS) is 17.9. The quantitative estimate of drug-likeness (QED) is 0.765. The van der Waals surface area contributed by atoms with E-state index in [1.807, 2.05) is 4.90 Å². The van der Waals surface area contributed by atoms with Gasteiger partial charge in [-0.15, -0.1) is 0 Å². The van der Waals surface area contributed by atoms with Crippen molar-refractivity contribution in [1.29, 1.82) is 0 Å². The average molecular weight is 278 g/mol. The van der Waals surface area contributed by atoms with Gasteiger partial charge in [0.1, 0.15) is 0 Å². The molecule has 0 spiro atoms. The summed E-state index contributed by atoms with van der Waals surface area (Å²) >= 11 is 0. The molecule has 108 valence electrons. The number of carbonyl (C=O) groups excluding carboxylic acids is 2. The third-order valence-corrected chi connectivity index (χ3v) is 3.27. The molecule has 1 aromatic heterocycles. The van der Waals surface area contributed by atoms with Crippen molar-refractivity contribution in [2.24, 2.45) is 0 Å². The number of anilines is 2. The summed E-state index contributed by atoms with van der Waals surface area (Å²) in [5.74, 6) is 0.0191. The number of nitrogen functional groups attached to an aromatic ring is 1. The lowest BCUT2D eigenvalue weighted by Crippen LogP contribution is -2.35. The number of esters is 1. The third-order valence-electron chi connectivity index (χ3n) is 3.27. The summed E-state index contributed by atoms with van der Waals surface area (Å²) in [4.78, 5) is 28.9. The van der Waals surface area contributed by atoms with Gasteiger partial charge in [-0.1, -0.05) is 0 Å². The molecule has 20 heavy (non-hydrogen) atoms. The molecular formula is C13H18N4O3. The fraction of sp³-hybridized carbons (Fsp3) is 0.462. The lowest BCUT2D eigenvalue weighted by molar-refractivity contribution is -0.119.